The number of anilines is 1. The molecule has 0 bridgehead atoms. The molecular formula is C15H23N3O. The van der Waals surface area contributed by atoms with Gasteiger partial charge < -0.3 is 16.4 Å². The molecule has 2 rings (SSSR count). The highest BCUT2D eigenvalue weighted by Gasteiger charge is 2.31. The van der Waals surface area contributed by atoms with Crippen LogP contribution >= 0.6 is 0 Å². The van der Waals surface area contributed by atoms with Crippen molar-refractivity contribution in [3.05, 3.63) is 29.3 Å². The molecule has 1 aliphatic rings. The molecule has 4 heteroatoms. The number of para-hydroxylation sites is 1. The summed E-state index contributed by atoms with van der Waals surface area (Å²) in [6, 6.07) is 6.25. The number of nitrogens with two attached hydrogens (primary N) is 1. The van der Waals surface area contributed by atoms with E-state index in [4.69, 9.17) is 5.73 Å². The summed E-state index contributed by atoms with van der Waals surface area (Å²) >= 11 is 0. The lowest BCUT2D eigenvalue weighted by Gasteiger charge is -2.17. The number of rotatable bonds is 6. The van der Waals surface area contributed by atoms with Crippen LogP contribution in [-0.2, 0) is 4.79 Å². The Balaban J connectivity index is 1.86. The Hall–Kier alpha value is -1.55. The molecule has 1 unspecified atom stereocenters. The minimum absolute atomic E-state index is 0.0185. The highest BCUT2D eigenvalue weighted by molar-refractivity contribution is 5.81. The molecule has 104 valence electrons. The van der Waals surface area contributed by atoms with E-state index < -0.39 is 0 Å². The Morgan fingerprint density at radius 2 is 2.00 bits per heavy atom. The number of hydrogen-bond donors (Lipinski definition) is 3. The topological polar surface area (TPSA) is 67.2 Å². The van der Waals surface area contributed by atoms with Crippen LogP contribution in [-0.4, -0.2) is 25.0 Å². The summed E-state index contributed by atoms with van der Waals surface area (Å²) in [6.45, 7) is 4.91. The fraction of sp³-hybridized carbons (Fsp3) is 0.533. The van der Waals surface area contributed by atoms with E-state index in [0.717, 1.165) is 16.8 Å². The molecule has 0 heterocycles. The number of nitrogens with one attached hydrogen (secondary N) is 2. The highest BCUT2D eigenvalue weighted by atomic mass is 16.2. The van der Waals surface area contributed by atoms with Gasteiger partial charge in [-0.05, 0) is 43.7 Å². The Labute approximate surface area is 114 Å². The summed E-state index contributed by atoms with van der Waals surface area (Å²) in [5, 5.41) is 6.23. The van der Waals surface area contributed by atoms with Crippen molar-refractivity contribution in [2.75, 3.05) is 18.4 Å². The van der Waals surface area contributed by atoms with Crippen molar-refractivity contribution in [3.63, 3.8) is 0 Å². The third-order valence-electron chi connectivity index (χ3n) is 3.70. The molecule has 1 fully saturated rings. The van der Waals surface area contributed by atoms with Gasteiger partial charge in [0, 0.05) is 18.3 Å². The summed E-state index contributed by atoms with van der Waals surface area (Å²) in [7, 11) is 0. The number of benzene rings is 1. The summed E-state index contributed by atoms with van der Waals surface area (Å²) in [5.74, 6) is 0.610. The zero-order chi connectivity index (χ0) is 13.8. The van der Waals surface area contributed by atoms with Gasteiger partial charge in [0.15, 0.2) is 0 Å². The SMILES string of the molecule is Cc1cccc(C)c1NCC(=O)NC(CN)C1CC1. The van der Waals surface area contributed by atoms with E-state index in [2.05, 4.69) is 10.6 Å². The molecule has 0 saturated heterocycles. The molecule has 1 aromatic rings. The van der Waals surface area contributed by atoms with Gasteiger partial charge in [0.05, 0.1) is 6.54 Å². The van der Waals surface area contributed by atoms with Crippen LogP contribution in [0.3, 0.4) is 0 Å². The van der Waals surface area contributed by atoms with E-state index in [9.17, 15) is 4.79 Å². The van der Waals surface area contributed by atoms with Crippen molar-refractivity contribution >= 4 is 11.6 Å². The summed E-state index contributed by atoms with van der Waals surface area (Å²) < 4.78 is 0. The van der Waals surface area contributed by atoms with Crippen LogP contribution in [0.25, 0.3) is 0 Å². The van der Waals surface area contributed by atoms with Crippen LogP contribution in [0.15, 0.2) is 18.2 Å². The molecule has 1 saturated carbocycles. The van der Waals surface area contributed by atoms with Crippen LogP contribution in [0.4, 0.5) is 5.69 Å². The lowest BCUT2D eigenvalue weighted by Crippen LogP contribution is -2.44. The highest BCUT2D eigenvalue weighted by Crippen LogP contribution is 2.32. The summed E-state index contributed by atoms with van der Waals surface area (Å²) in [4.78, 5) is 11.9. The van der Waals surface area contributed by atoms with Gasteiger partial charge in [0.25, 0.3) is 0 Å². The van der Waals surface area contributed by atoms with Gasteiger partial charge in [-0.25, -0.2) is 0 Å². The molecular weight excluding hydrogens is 238 g/mol. The zero-order valence-corrected chi connectivity index (χ0v) is 11.7. The second kappa shape index (κ2) is 6.06. The molecule has 19 heavy (non-hydrogen) atoms. The maximum Gasteiger partial charge on any atom is 0.239 e. The average Bonchev–Trinajstić information content (AvgIpc) is 3.19. The molecule has 0 spiro atoms. The van der Waals surface area contributed by atoms with Crippen LogP contribution < -0.4 is 16.4 Å². The molecule has 4 nitrogen and oxygen atoms in total. The van der Waals surface area contributed by atoms with E-state index >= 15 is 0 Å². The normalized spacial score (nSPS) is 15.9. The molecule has 0 aromatic heterocycles. The first-order valence-electron chi connectivity index (χ1n) is 6.91. The first kappa shape index (κ1) is 13.9. The molecule has 1 atom stereocenters. The van der Waals surface area contributed by atoms with Crippen LogP contribution in [0.1, 0.15) is 24.0 Å². The lowest BCUT2D eigenvalue weighted by molar-refractivity contribution is -0.120. The molecule has 1 aromatic carbocycles. The number of carbonyl (C=O) groups is 1. The first-order valence-corrected chi connectivity index (χ1v) is 6.91. The van der Waals surface area contributed by atoms with Crippen LogP contribution in [0.5, 0.6) is 0 Å². The van der Waals surface area contributed by atoms with Gasteiger partial charge in [-0.3, -0.25) is 4.79 Å². The van der Waals surface area contributed by atoms with Crippen molar-refractivity contribution in [2.24, 2.45) is 11.7 Å². The number of amides is 1. The standard InChI is InChI=1S/C15H23N3O/c1-10-4-3-5-11(2)15(10)17-9-14(19)18-13(8-16)12-6-7-12/h3-5,12-13,17H,6-9,16H2,1-2H3,(H,18,19). The van der Waals surface area contributed by atoms with Gasteiger partial charge in [-0.1, -0.05) is 18.2 Å². The molecule has 0 aliphatic heterocycles. The molecule has 1 amide bonds. The predicted octanol–water partition coefficient (Wildman–Crippen LogP) is 1.57. The Kier molecular flexibility index (Phi) is 4.43. The predicted molar refractivity (Wildman–Crippen MR) is 78.1 cm³/mol. The average molecular weight is 261 g/mol. The molecule has 4 N–H and O–H groups in total. The Morgan fingerprint density at radius 1 is 1.37 bits per heavy atom. The molecule has 0 radical (unpaired) electrons. The Morgan fingerprint density at radius 3 is 2.53 bits per heavy atom. The largest absolute Gasteiger partial charge is 0.376 e. The van der Waals surface area contributed by atoms with Gasteiger partial charge in [-0.2, -0.15) is 0 Å². The third kappa shape index (κ3) is 3.70. The first-order chi connectivity index (χ1) is 9.11. The minimum Gasteiger partial charge on any atom is -0.376 e. The second-order valence-electron chi connectivity index (χ2n) is 5.37. The summed E-state index contributed by atoms with van der Waals surface area (Å²) in [5.41, 5.74) is 9.05. The fourth-order valence-electron chi connectivity index (χ4n) is 2.39. The van der Waals surface area contributed by atoms with Gasteiger partial charge in [0.1, 0.15) is 0 Å². The van der Waals surface area contributed by atoms with E-state index in [1.54, 1.807) is 0 Å². The molecule has 1 aliphatic carbocycles. The van der Waals surface area contributed by atoms with Gasteiger partial charge >= 0.3 is 0 Å². The Bertz CT molecular complexity index is 434. The maximum absolute atomic E-state index is 11.9. The quantitative estimate of drug-likeness (QED) is 0.728. The monoisotopic (exact) mass is 261 g/mol. The van der Waals surface area contributed by atoms with Crippen molar-refractivity contribution < 1.29 is 4.79 Å². The number of carbonyl (C=O) groups excluding carboxylic acids is 1. The minimum atomic E-state index is 0.0185. The third-order valence-corrected chi connectivity index (χ3v) is 3.70. The maximum atomic E-state index is 11.9. The number of aryl methyl sites for hydroxylation is 2. The lowest BCUT2D eigenvalue weighted by atomic mass is 10.1. The van der Waals surface area contributed by atoms with Crippen molar-refractivity contribution in [2.45, 2.75) is 32.7 Å². The smallest absolute Gasteiger partial charge is 0.239 e. The van der Waals surface area contributed by atoms with Gasteiger partial charge in [0.2, 0.25) is 5.91 Å². The van der Waals surface area contributed by atoms with E-state index in [0.29, 0.717) is 19.0 Å². The number of hydrogen-bond acceptors (Lipinski definition) is 3. The zero-order valence-electron chi connectivity index (χ0n) is 11.7. The van der Waals surface area contributed by atoms with Gasteiger partial charge in [-0.15, -0.1) is 0 Å². The van der Waals surface area contributed by atoms with E-state index in [1.807, 2.05) is 32.0 Å². The van der Waals surface area contributed by atoms with Crippen LogP contribution in [0.2, 0.25) is 0 Å². The summed E-state index contributed by atoms with van der Waals surface area (Å²) in [6.07, 6.45) is 2.37. The van der Waals surface area contributed by atoms with Crippen molar-refractivity contribution in [1.29, 1.82) is 0 Å². The van der Waals surface area contributed by atoms with Crippen molar-refractivity contribution in [1.82, 2.24) is 5.32 Å². The fourth-order valence-corrected chi connectivity index (χ4v) is 2.39. The van der Waals surface area contributed by atoms with Crippen molar-refractivity contribution in [3.8, 4) is 0 Å². The van der Waals surface area contributed by atoms with E-state index in [-0.39, 0.29) is 11.9 Å². The van der Waals surface area contributed by atoms with E-state index in [1.165, 1.54) is 12.8 Å². The van der Waals surface area contributed by atoms with Crippen LogP contribution in [0, 0.1) is 19.8 Å². The second-order valence-corrected chi connectivity index (χ2v) is 5.37.